The molecule has 6 heteroatoms. The number of carbonyl (C=O) groups excluding carboxylic acids is 2. The summed E-state index contributed by atoms with van der Waals surface area (Å²) >= 11 is 0. The molecule has 0 aliphatic heterocycles. The highest BCUT2D eigenvalue weighted by atomic mass is 16.6. The molecule has 1 amide bonds. The Hall–Kier alpha value is -1.85. The largest absolute Gasteiger partial charge is 0.444 e. The van der Waals surface area contributed by atoms with Gasteiger partial charge in [0.25, 0.3) is 0 Å². The number of alkyl carbamates (subject to hydrolysis) is 1. The molecular formula is C11H17N3O3. The van der Waals surface area contributed by atoms with Crippen molar-refractivity contribution in [2.75, 3.05) is 0 Å². The van der Waals surface area contributed by atoms with Gasteiger partial charge in [-0.05, 0) is 20.8 Å². The first-order valence-corrected chi connectivity index (χ1v) is 5.35. The van der Waals surface area contributed by atoms with Gasteiger partial charge < -0.3 is 19.8 Å². The Morgan fingerprint density at radius 3 is 2.82 bits per heavy atom. The molecule has 0 unspecified atom stereocenters. The first-order chi connectivity index (χ1) is 7.92. The van der Waals surface area contributed by atoms with Crippen LogP contribution in [0.15, 0.2) is 12.4 Å². The van der Waals surface area contributed by atoms with Gasteiger partial charge in [-0.3, -0.25) is 0 Å². The number of imidazole rings is 1. The lowest BCUT2D eigenvalue weighted by Gasteiger charge is -2.22. The van der Waals surface area contributed by atoms with Crippen molar-refractivity contribution in [1.29, 1.82) is 0 Å². The van der Waals surface area contributed by atoms with Crippen molar-refractivity contribution in [2.45, 2.75) is 38.8 Å². The average Bonchev–Trinajstić information content (AvgIpc) is 2.66. The van der Waals surface area contributed by atoms with E-state index in [9.17, 15) is 9.59 Å². The number of rotatable bonds is 4. The van der Waals surface area contributed by atoms with Crippen LogP contribution >= 0.6 is 0 Å². The molecule has 1 aromatic heterocycles. The molecule has 0 radical (unpaired) electrons. The molecule has 0 fully saturated rings. The van der Waals surface area contributed by atoms with Gasteiger partial charge in [0.2, 0.25) is 0 Å². The minimum absolute atomic E-state index is 0.146. The summed E-state index contributed by atoms with van der Waals surface area (Å²) in [6.45, 7) is 5.32. The van der Waals surface area contributed by atoms with Crippen molar-refractivity contribution in [3.63, 3.8) is 0 Å². The van der Waals surface area contributed by atoms with E-state index in [2.05, 4.69) is 15.3 Å². The van der Waals surface area contributed by atoms with Gasteiger partial charge >= 0.3 is 6.09 Å². The normalized spacial score (nSPS) is 12.9. The molecule has 0 spiro atoms. The van der Waals surface area contributed by atoms with E-state index in [-0.39, 0.29) is 6.42 Å². The Kier molecular flexibility index (Phi) is 4.25. The zero-order valence-corrected chi connectivity index (χ0v) is 10.2. The number of aromatic nitrogens is 2. The van der Waals surface area contributed by atoms with Crippen LogP contribution in [0.1, 0.15) is 39.1 Å². The maximum Gasteiger partial charge on any atom is 0.408 e. The number of carbonyl (C=O) groups is 2. The maximum atomic E-state index is 11.5. The van der Waals surface area contributed by atoms with E-state index < -0.39 is 17.7 Å². The molecule has 1 heterocycles. The minimum atomic E-state index is -0.570. The quantitative estimate of drug-likeness (QED) is 0.781. The summed E-state index contributed by atoms with van der Waals surface area (Å²) in [7, 11) is 0. The Morgan fingerprint density at radius 1 is 1.65 bits per heavy atom. The van der Waals surface area contributed by atoms with Crippen LogP contribution < -0.4 is 5.32 Å². The zero-order valence-electron chi connectivity index (χ0n) is 10.2. The van der Waals surface area contributed by atoms with Crippen molar-refractivity contribution < 1.29 is 14.3 Å². The highest BCUT2D eigenvalue weighted by Crippen LogP contribution is 2.13. The summed E-state index contributed by atoms with van der Waals surface area (Å²) in [5.74, 6) is 0.531. The van der Waals surface area contributed by atoms with E-state index in [1.165, 1.54) is 0 Å². The van der Waals surface area contributed by atoms with Crippen molar-refractivity contribution in [3.8, 4) is 0 Å². The third-order valence-electron chi connectivity index (χ3n) is 1.87. The van der Waals surface area contributed by atoms with Crippen LogP contribution in [0.4, 0.5) is 4.79 Å². The van der Waals surface area contributed by atoms with Gasteiger partial charge in [0, 0.05) is 18.8 Å². The lowest BCUT2D eigenvalue weighted by atomic mass is 10.2. The summed E-state index contributed by atoms with van der Waals surface area (Å²) in [6.07, 6.45) is 3.49. The van der Waals surface area contributed by atoms with Gasteiger partial charge in [0.1, 0.15) is 17.7 Å². The van der Waals surface area contributed by atoms with E-state index >= 15 is 0 Å². The second-order valence-electron chi connectivity index (χ2n) is 4.58. The van der Waals surface area contributed by atoms with E-state index in [1.54, 1.807) is 33.2 Å². The zero-order chi connectivity index (χ0) is 12.9. The monoisotopic (exact) mass is 239 g/mol. The number of nitrogens with zero attached hydrogens (tertiary/aromatic N) is 1. The Bertz CT molecular complexity index is 368. The fourth-order valence-electron chi connectivity index (χ4n) is 1.25. The van der Waals surface area contributed by atoms with E-state index in [0.717, 1.165) is 6.29 Å². The summed E-state index contributed by atoms with van der Waals surface area (Å²) < 4.78 is 5.10. The van der Waals surface area contributed by atoms with E-state index in [0.29, 0.717) is 5.82 Å². The standard InChI is InChI=1S/C11H17N3O3/c1-11(2,3)17-10(16)14-8(4-7-15)9-12-5-6-13-9/h5-8H,4H2,1-3H3,(H,12,13)(H,14,16)/t8-/m0/s1. The van der Waals surface area contributed by atoms with Gasteiger partial charge in [-0.15, -0.1) is 0 Å². The van der Waals surface area contributed by atoms with E-state index in [1.807, 2.05) is 0 Å². The lowest BCUT2D eigenvalue weighted by molar-refractivity contribution is -0.108. The summed E-state index contributed by atoms with van der Waals surface area (Å²) in [6, 6.07) is -0.489. The molecule has 0 aliphatic carbocycles. The van der Waals surface area contributed by atoms with Crippen molar-refractivity contribution in [2.24, 2.45) is 0 Å². The van der Waals surface area contributed by atoms with Gasteiger partial charge in [0.15, 0.2) is 0 Å². The van der Waals surface area contributed by atoms with Gasteiger partial charge in [-0.2, -0.15) is 0 Å². The van der Waals surface area contributed by atoms with Crippen LogP contribution in [0.5, 0.6) is 0 Å². The van der Waals surface area contributed by atoms with Gasteiger partial charge in [0.05, 0.1) is 6.04 Å². The molecule has 6 nitrogen and oxygen atoms in total. The molecule has 94 valence electrons. The molecule has 0 saturated carbocycles. The number of hydrogen-bond acceptors (Lipinski definition) is 4. The number of aromatic amines is 1. The first kappa shape index (κ1) is 13.2. The maximum absolute atomic E-state index is 11.5. The van der Waals surface area contributed by atoms with Crippen LogP contribution in [0, 0.1) is 0 Å². The molecular weight excluding hydrogens is 222 g/mol. The fourth-order valence-corrected chi connectivity index (χ4v) is 1.25. The summed E-state index contributed by atoms with van der Waals surface area (Å²) in [5, 5.41) is 2.59. The molecule has 0 aromatic carbocycles. The fraction of sp³-hybridized carbons (Fsp3) is 0.545. The topological polar surface area (TPSA) is 84.1 Å². The molecule has 0 aliphatic rings. The number of hydrogen-bond donors (Lipinski definition) is 2. The molecule has 0 bridgehead atoms. The number of amides is 1. The van der Waals surface area contributed by atoms with Crippen LogP contribution in [-0.4, -0.2) is 27.9 Å². The van der Waals surface area contributed by atoms with Crippen LogP contribution in [0.25, 0.3) is 0 Å². The predicted octanol–water partition coefficient (Wildman–Crippen LogP) is 1.56. The lowest BCUT2D eigenvalue weighted by Crippen LogP contribution is -2.35. The molecule has 1 aromatic rings. The molecule has 17 heavy (non-hydrogen) atoms. The van der Waals surface area contributed by atoms with Crippen LogP contribution in [-0.2, 0) is 9.53 Å². The SMILES string of the molecule is CC(C)(C)OC(=O)N[C@@H](CC=O)c1ncc[nH]1. The van der Waals surface area contributed by atoms with Crippen molar-refractivity contribution in [3.05, 3.63) is 18.2 Å². The Balaban J connectivity index is 2.62. The third-order valence-corrected chi connectivity index (χ3v) is 1.87. The number of nitrogens with one attached hydrogen (secondary N) is 2. The Morgan fingerprint density at radius 2 is 2.35 bits per heavy atom. The van der Waals surface area contributed by atoms with Gasteiger partial charge in [-0.1, -0.05) is 0 Å². The second-order valence-corrected chi connectivity index (χ2v) is 4.58. The summed E-state index contributed by atoms with van der Waals surface area (Å²) in [5.41, 5.74) is -0.570. The smallest absolute Gasteiger partial charge is 0.408 e. The highest BCUT2D eigenvalue weighted by Gasteiger charge is 2.21. The minimum Gasteiger partial charge on any atom is -0.444 e. The van der Waals surface area contributed by atoms with Crippen LogP contribution in [0.2, 0.25) is 0 Å². The van der Waals surface area contributed by atoms with Crippen LogP contribution in [0.3, 0.4) is 0 Å². The van der Waals surface area contributed by atoms with Gasteiger partial charge in [-0.25, -0.2) is 9.78 Å². The number of H-pyrrole nitrogens is 1. The second kappa shape index (κ2) is 5.47. The highest BCUT2D eigenvalue weighted by molar-refractivity contribution is 5.69. The molecule has 2 N–H and O–H groups in total. The molecule has 1 rings (SSSR count). The van der Waals surface area contributed by atoms with E-state index in [4.69, 9.17) is 4.74 Å². The first-order valence-electron chi connectivity index (χ1n) is 5.35. The number of ether oxygens (including phenoxy) is 1. The molecule has 0 saturated heterocycles. The Labute approximate surface area is 99.8 Å². The average molecular weight is 239 g/mol. The third kappa shape index (κ3) is 4.67. The van der Waals surface area contributed by atoms with Crippen molar-refractivity contribution in [1.82, 2.24) is 15.3 Å². The summed E-state index contributed by atoms with van der Waals surface area (Å²) in [4.78, 5) is 28.9. The molecule has 1 atom stereocenters. The van der Waals surface area contributed by atoms with Crippen molar-refractivity contribution >= 4 is 12.4 Å². The number of aldehydes is 1. The predicted molar refractivity (Wildman–Crippen MR) is 61.4 cm³/mol.